The minimum atomic E-state index is -2.79. The third-order valence-corrected chi connectivity index (χ3v) is 7.09. The Morgan fingerprint density at radius 3 is 2.33 bits per heavy atom. The molecule has 1 saturated heterocycles. The summed E-state index contributed by atoms with van der Waals surface area (Å²) in [4.78, 5) is 30.4. The molecule has 0 amide bonds. The molecule has 0 bridgehead atoms. The number of esters is 2. The number of hydrogen-bond donors (Lipinski definition) is 1. The van der Waals surface area contributed by atoms with Gasteiger partial charge in [0, 0.05) is 4.57 Å². The standard InChI is InChI=1S/C28H33N5O8P/c1-26(2,3)24(34)38-21-20(18-12-13-19-23(30)31-16-32-33(18)19)40-28(14-29,22(21)39-25(35)27(4,5)6)15-37-42(36)41-17-10-8-7-9-11-17/h7-13,16,20-22H,15H2,1-6H3,(H2,30,31,32)/q+1/t20-,21-,22-,28+/m0/s1. The lowest BCUT2D eigenvalue weighted by atomic mass is 9.92. The average Bonchev–Trinajstić information content (AvgIpc) is 3.48. The second-order valence-corrected chi connectivity index (χ2v) is 12.7. The predicted octanol–water partition coefficient (Wildman–Crippen LogP) is 4.31. The molecule has 0 saturated carbocycles. The van der Waals surface area contributed by atoms with E-state index in [0.717, 1.165) is 0 Å². The van der Waals surface area contributed by atoms with Gasteiger partial charge in [-0.15, -0.1) is 4.52 Å². The molecular formula is C28H33N5O8P+. The quantitative estimate of drug-likeness (QED) is 0.287. The number of rotatable bonds is 8. The van der Waals surface area contributed by atoms with Crippen molar-refractivity contribution in [2.75, 3.05) is 12.3 Å². The summed E-state index contributed by atoms with van der Waals surface area (Å²) in [7, 11) is -2.79. The van der Waals surface area contributed by atoms with Crippen LogP contribution in [0, 0.1) is 22.2 Å². The fourth-order valence-electron chi connectivity index (χ4n) is 4.06. The zero-order chi connectivity index (χ0) is 30.9. The largest absolute Gasteiger partial charge is 0.750 e. The molecule has 1 aromatic carbocycles. The molecule has 42 heavy (non-hydrogen) atoms. The van der Waals surface area contributed by atoms with Crippen LogP contribution in [0.5, 0.6) is 5.75 Å². The SMILES string of the molecule is CC(C)(C)C(=O)O[C@H]1[C@H](c2ccc3c(N)ncnn23)O[C@](C#N)(CO[P+](=O)Oc2ccccc2)[C@H]1OC(=O)C(C)(C)C. The Bertz CT molecular complexity index is 1530. The molecular weight excluding hydrogens is 565 g/mol. The predicted molar refractivity (Wildman–Crippen MR) is 149 cm³/mol. The molecule has 2 aromatic heterocycles. The van der Waals surface area contributed by atoms with E-state index in [-0.39, 0.29) is 11.6 Å². The number of carbonyl (C=O) groups is 2. The van der Waals surface area contributed by atoms with Crippen LogP contribution in [-0.2, 0) is 32.9 Å². The first kappa shape index (κ1) is 30.8. The maximum absolute atomic E-state index is 13.2. The summed E-state index contributed by atoms with van der Waals surface area (Å²) >= 11 is 0. The molecule has 1 aliphatic heterocycles. The Morgan fingerprint density at radius 1 is 1.07 bits per heavy atom. The fourth-order valence-corrected chi connectivity index (χ4v) is 4.70. The molecule has 4 rings (SSSR count). The van der Waals surface area contributed by atoms with Gasteiger partial charge >= 0.3 is 20.2 Å². The number of nitrogens with zero attached hydrogens (tertiary/aromatic N) is 4. The number of nitriles is 1. The van der Waals surface area contributed by atoms with Gasteiger partial charge in [0.05, 0.1) is 16.5 Å². The van der Waals surface area contributed by atoms with Crippen molar-refractivity contribution in [2.24, 2.45) is 10.8 Å². The first-order valence-corrected chi connectivity index (χ1v) is 14.2. The van der Waals surface area contributed by atoms with E-state index in [1.165, 1.54) is 10.8 Å². The van der Waals surface area contributed by atoms with Gasteiger partial charge in [0.2, 0.25) is 5.60 Å². The summed E-state index contributed by atoms with van der Waals surface area (Å²) in [5.74, 6) is -0.872. The summed E-state index contributed by atoms with van der Waals surface area (Å²) in [6.07, 6.45) is -2.80. The third-order valence-electron chi connectivity index (χ3n) is 6.39. The lowest BCUT2D eigenvalue weighted by Crippen LogP contribution is -2.50. The van der Waals surface area contributed by atoms with Gasteiger partial charge in [0.25, 0.3) is 0 Å². The maximum Gasteiger partial charge on any atom is 0.750 e. The molecule has 222 valence electrons. The van der Waals surface area contributed by atoms with Crippen LogP contribution in [0.3, 0.4) is 0 Å². The summed E-state index contributed by atoms with van der Waals surface area (Å²) in [6, 6.07) is 13.6. The van der Waals surface area contributed by atoms with Gasteiger partial charge in [-0.3, -0.25) is 9.59 Å². The van der Waals surface area contributed by atoms with Crippen LogP contribution >= 0.6 is 8.25 Å². The van der Waals surface area contributed by atoms with Crippen LogP contribution in [0.2, 0.25) is 0 Å². The van der Waals surface area contributed by atoms with Crippen molar-refractivity contribution in [2.45, 2.75) is 65.5 Å². The van der Waals surface area contributed by atoms with Gasteiger partial charge in [-0.25, -0.2) is 14.0 Å². The van der Waals surface area contributed by atoms with Crippen LogP contribution in [0.4, 0.5) is 5.82 Å². The van der Waals surface area contributed by atoms with E-state index in [4.69, 9.17) is 29.0 Å². The van der Waals surface area contributed by atoms with Gasteiger partial charge < -0.3 is 19.9 Å². The number of nitrogen functional groups attached to an aromatic ring is 1. The minimum absolute atomic E-state index is 0.179. The van der Waals surface area contributed by atoms with Gasteiger partial charge in [-0.05, 0) is 65.8 Å². The Kier molecular flexibility index (Phi) is 8.55. The maximum atomic E-state index is 13.2. The Hall–Kier alpha value is -4.11. The highest BCUT2D eigenvalue weighted by atomic mass is 31.1. The molecule has 1 unspecified atom stereocenters. The van der Waals surface area contributed by atoms with Crippen molar-refractivity contribution in [3.05, 3.63) is 54.5 Å². The molecule has 0 aliphatic carbocycles. The Morgan fingerprint density at radius 2 is 1.71 bits per heavy atom. The number of ether oxygens (including phenoxy) is 3. The molecule has 3 heterocycles. The van der Waals surface area contributed by atoms with E-state index in [1.54, 1.807) is 84.0 Å². The summed E-state index contributed by atoms with van der Waals surface area (Å²) in [5.41, 5.74) is 2.75. The second kappa shape index (κ2) is 11.6. The highest BCUT2D eigenvalue weighted by Crippen LogP contribution is 2.46. The zero-order valence-corrected chi connectivity index (χ0v) is 25.0. The molecule has 2 N–H and O–H groups in total. The van der Waals surface area contributed by atoms with Crippen molar-refractivity contribution in [3.63, 3.8) is 0 Å². The van der Waals surface area contributed by atoms with Crippen LogP contribution in [-0.4, -0.2) is 51.0 Å². The molecule has 14 heteroatoms. The smallest absolute Gasteiger partial charge is 0.455 e. The molecule has 0 radical (unpaired) electrons. The first-order valence-electron chi connectivity index (χ1n) is 13.1. The summed E-state index contributed by atoms with van der Waals surface area (Å²) < 4.78 is 43.1. The topological polar surface area (TPSA) is 177 Å². The number of carbonyl (C=O) groups excluding carboxylic acids is 2. The lowest BCUT2D eigenvalue weighted by molar-refractivity contribution is -0.179. The van der Waals surface area contributed by atoms with Crippen LogP contribution in [0.15, 0.2) is 48.8 Å². The van der Waals surface area contributed by atoms with E-state index in [1.807, 2.05) is 6.07 Å². The monoisotopic (exact) mass is 598 g/mol. The number of nitrogens with two attached hydrogens (primary N) is 1. The van der Waals surface area contributed by atoms with Gasteiger partial charge in [-0.2, -0.15) is 10.4 Å². The van der Waals surface area contributed by atoms with E-state index in [9.17, 15) is 19.4 Å². The highest BCUT2D eigenvalue weighted by molar-refractivity contribution is 7.33. The average molecular weight is 599 g/mol. The normalized spacial score (nSPS) is 22.8. The van der Waals surface area contributed by atoms with Crippen molar-refractivity contribution < 1.29 is 37.4 Å². The first-order chi connectivity index (χ1) is 19.7. The number of hydrogen-bond acceptors (Lipinski definition) is 12. The molecule has 1 fully saturated rings. The Balaban J connectivity index is 1.78. The minimum Gasteiger partial charge on any atom is -0.455 e. The number of anilines is 1. The van der Waals surface area contributed by atoms with Crippen LogP contribution < -0.4 is 10.3 Å². The second-order valence-electron chi connectivity index (χ2n) is 11.8. The van der Waals surface area contributed by atoms with Crippen molar-refractivity contribution in [1.82, 2.24) is 14.6 Å². The van der Waals surface area contributed by atoms with E-state index in [0.29, 0.717) is 11.2 Å². The van der Waals surface area contributed by atoms with Crippen molar-refractivity contribution in [3.8, 4) is 11.8 Å². The number of para-hydroxylation sites is 1. The Labute approximate surface area is 243 Å². The summed E-state index contributed by atoms with van der Waals surface area (Å²) in [5, 5.41) is 14.8. The van der Waals surface area contributed by atoms with E-state index in [2.05, 4.69) is 10.1 Å². The van der Waals surface area contributed by atoms with E-state index >= 15 is 0 Å². The summed E-state index contributed by atoms with van der Waals surface area (Å²) in [6.45, 7) is 9.21. The highest BCUT2D eigenvalue weighted by Gasteiger charge is 2.63. The van der Waals surface area contributed by atoms with Gasteiger partial charge in [-0.1, -0.05) is 18.2 Å². The number of aromatic nitrogens is 3. The van der Waals surface area contributed by atoms with Crippen molar-refractivity contribution >= 4 is 31.5 Å². The molecule has 3 aromatic rings. The third kappa shape index (κ3) is 6.36. The fraction of sp³-hybridized carbons (Fsp3) is 0.464. The molecule has 0 spiro atoms. The molecule has 13 nitrogen and oxygen atoms in total. The molecule has 5 atom stereocenters. The van der Waals surface area contributed by atoms with Crippen molar-refractivity contribution in [1.29, 1.82) is 5.26 Å². The van der Waals surface area contributed by atoms with Gasteiger partial charge in [0.15, 0.2) is 30.4 Å². The zero-order valence-electron chi connectivity index (χ0n) is 24.1. The van der Waals surface area contributed by atoms with Crippen LogP contribution in [0.1, 0.15) is 53.3 Å². The lowest BCUT2D eigenvalue weighted by Gasteiger charge is -2.31. The van der Waals surface area contributed by atoms with E-state index < -0.39 is 61.5 Å². The van der Waals surface area contributed by atoms with Gasteiger partial charge in [0.1, 0.15) is 24.0 Å². The number of benzene rings is 1. The number of fused-ring (bicyclic) bond motifs is 1. The molecule has 1 aliphatic rings. The van der Waals surface area contributed by atoms with Crippen LogP contribution in [0.25, 0.3) is 5.52 Å².